The Kier molecular flexibility index (Phi) is 7.78. The molecule has 2 aliphatic rings. The summed E-state index contributed by atoms with van der Waals surface area (Å²) < 4.78 is 2.60. The van der Waals surface area contributed by atoms with Crippen molar-refractivity contribution in [3.8, 4) is 0 Å². The molecule has 0 radical (unpaired) electrons. The normalized spacial score (nSPS) is 18.3. The zero-order valence-electron chi connectivity index (χ0n) is 20.0. The standard InChI is InChI=1S/C25H34ClN5O3/c1-28-22(15-23(32)29(2)25(28)34)31-12-8-20(9-13-31)24(33)27-16-18-6-10-30(11-7-18)17-19-4-3-5-21(26)14-19/h3-5,14-15,18,20H,6-13,16-17H2,1-2H3,(H,27,33). The molecule has 0 aliphatic carbocycles. The van der Waals surface area contributed by atoms with Crippen LogP contribution in [0.2, 0.25) is 5.02 Å². The van der Waals surface area contributed by atoms with Crippen LogP contribution >= 0.6 is 11.6 Å². The number of aromatic nitrogens is 2. The summed E-state index contributed by atoms with van der Waals surface area (Å²) in [6.07, 6.45) is 3.59. The molecule has 1 aromatic carbocycles. The first-order chi connectivity index (χ1) is 16.3. The second kappa shape index (κ2) is 10.8. The van der Waals surface area contributed by atoms with E-state index in [2.05, 4.69) is 16.3 Å². The second-order valence-electron chi connectivity index (χ2n) is 9.60. The SMILES string of the molecule is Cn1c(N2CCC(C(=O)NCC3CCN(Cc4cccc(Cl)c4)CC3)CC2)cc(=O)n(C)c1=O. The highest BCUT2D eigenvalue weighted by molar-refractivity contribution is 6.30. The fourth-order valence-corrected chi connectivity index (χ4v) is 5.24. The van der Waals surface area contributed by atoms with Crippen LogP contribution in [0.5, 0.6) is 0 Å². The van der Waals surface area contributed by atoms with Crippen molar-refractivity contribution in [3.63, 3.8) is 0 Å². The van der Waals surface area contributed by atoms with Gasteiger partial charge < -0.3 is 10.2 Å². The number of benzene rings is 1. The van der Waals surface area contributed by atoms with Gasteiger partial charge in [0.15, 0.2) is 0 Å². The Bertz CT molecular complexity index is 1130. The summed E-state index contributed by atoms with van der Waals surface area (Å²) in [7, 11) is 3.16. The molecule has 184 valence electrons. The smallest absolute Gasteiger partial charge is 0.332 e. The lowest BCUT2D eigenvalue weighted by atomic mass is 9.94. The van der Waals surface area contributed by atoms with Crippen LogP contribution in [-0.2, 0) is 25.4 Å². The molecule has 4 rings (SSSR count). The van der Waals surface area contributed by atoms with Gasteiger partial charge in [-0.1, -0.05) is 23.7 Å². The van der Waals surface area contributed by atoms with Crippen molar-refractivity contribution in [2.75, 3.05) is 37.6 Å². The van der Waals surface area contributed by atoms with Crippen molar-refractivity contribution in [2.24, 2.45) is 25.9 Å². The van der Waals surface area contributed by atoms with Gasteiger partial charge in [-0.05, 0) is 62.4 Å². The molecule has 8 nitrogen and oxygen atoms in total. The Morgan fingerprint density at radius 1 is 1.00 bits per heavy atom. The average Bonchev–Trinajstić information content (AvgIpc) is 2.84. The highest BCUT2D eigenvalue weighted by atomic mass is 35.5. The van der Waals surface area contributed by atoms with E-state index in [1.807, 2.05) is 23.1 Å². The number of rotatable bonds is 6. The summed E-state index contributed by atoms with van der Waals surface area (Å²) in [5.74, 6) is 1.23. The van der Waals surface area contributed by atoms with Crippen molar-refractivity contribution in [3.05, 3.63) is 61.8 Å². The second-order valence-corrected chi connectivity index (χ2v) is 10.0. The maximum atomic E-state index is 12.8. The molecule has 2 aliphatic heterocycles. The summed E-state index contributed by atoms with van der Waals surface area (Å²) in [6, 6.07) is 9.53. The van der Waals surface area contributed by atoms with Gasteiger partial charge in [-0.25, -0.2) is 4.79 Å². The van der Waals surface area contributed by atoms with Crippen LogP contribution < -0.4 is 21.5 Å². The third kappa shape index (κ3) is 5.73. The van der Waals surface area contributed by atoms with Crippen LogP contribution in [0.4, 0.5) is 5.82 Å². The van der Waals surface area contributed by atoms with E-state index in [4.69, 9.17) is 11.6 Å². The molecule has 0 spiro atoms. The fraction of sp³-hybridized carbons (Fsp3) is 0.560. The Hall–Kier alpha value is -2.58. The van der Waals surface area contributed by atoms with Crippen LogP contribution in [0.1, 0.15) is 31.2 Å². The molecular weight excluding hydrogens is 454 g/mol. The minimum atomic E-state index is -0.332. The number of carbonyl (C=O) groups excluding carboxylic acids is 1. The third-order valence-corrected chi connectivity index (χ3v) is 7.49. The van der Waals surface area contributed by atoms with Gasteiger partial charge in [0, 0.05) is 57.3 Å². The van der Waals surface area contributed by atoms with Gasteiger partial charge in [0.2, 0.25) is 5.91 Å². The minimum absolute atomic E-state index is 0.0252. The molecule has 9 heteroatoms. The van der Waals surface area contributed by atoms with Crippen LogP contribution in [0.3, 0.4) is 0 Å². The molecule has 2 aromatic rings. The van der Waals surface area contributed by atoms with Crippen LogP contribution in [0.15, 0.2) is 39.9 Å². The monoisotopic (exact) mass is 487 g/mol. The number of halogens is 1. The topological polar surface area (TPSA) is 79.6 Å². The molecule has 0 unspecified atom stereocenters. The third-order valence-electron chi connectivity index (χ3n) is 7.26. The van der Waals surface area contributed by atoms with E-state index < -0.39 is 0 Å². The number of piperidine rings is 2. The molecule has 3 heterocycles. The molecule has 34 heavy (non-hydrogen) atoms. The average molecular weight is 488 g/mol. The van der Waals surface area contributed by atoms with Gasteiger partial charge in [0.1, 0.15) is 5.82 Å². The quantitative estimate of drug-likeness (QED) is 0.674. The van der Waals surface area contributed by atoms with Gasteiger partial charge in [0.25, 0.3) is 5.56 Å². The van der Waals surface area contributed by atoms with Crippen LogP contribution in [0, 0.1) is 11.8 Å². The fourth-order valence-electron chi connectivity index (χ4n) is 5.03. The van der Waals surface area contributed by atoms with E-state index in [-0.39, 0.29) is 23.1 Å². The number of nitrogens with one attached hydrogen (secondary N) is 1. The zero-order valence-corrected chi connectivity index (χ0v) is 20.8. The summed E-state index contributed by atoms with van der Waals surface area (Å²) >= 11 is 6.10. The Labute approximate surface area is 205 Å². The molecule has 0 bridgehead atoms. The highest BCUT2D eigenvalue weighted by Gasteiger charge is 2.27. The predicted octanol–water partition coefficient (Wildman–Crippen LogP) is 1.98. The van der Waals surface area contributed by atoms with Crippen molar-refractivity contribution in [1.82, 2.24) is 19.4 Å². The number of likely N-dealkylation sites (tertiary alicyclic amines) is 1. The van der Waals surface area contributed by atoms with E-state index in [0.717, 1.165) is 48.6 Å². The first-order valence-corrected chi connectivity index (χ1v) is 12.5. The summed E-state index contributed by atoms with van der Waals surface area (Å²) in [4.78, 5) is 41.5. The summed E-state index contributed by atoms with van der Waals surface area (Å²) in [5, 5.41) is 3.96. The van der Waals surface area contributed by atoms with Gasteiger partial charge in [-0.2, -0.15) is 0 Å². The first-order valence-electron chi connectivity index (χ1n) is 12.1. The predicted molar refractivity (Wildman–Crippen MR) is 134 cm³/mol. The van der Waals surface area contributed by atoms with Gasteiger partial charge in [-0.15, -0.1) is 0 Å². The lowest BCUT2D eigenvalue weighted by Crippen LogP contribution is -2.45. The van der Waals surface area contributed by atoms with E-state index in [9.17, 15) is 14.4 Å². The Morgan fingerprint density at radius 2 is 1.71 bits per heavy atom. The molecule has 0 saturated carbocycles. The lowest BCUT2D eigenvalue weighted by Gasteiger charge is -2.34. The zero-order chi connectivity index (χ0) is 24.2. The number of hydrogen-bond donors (Lipinski definition) is 1. The molecule has 1 amide bonds. The van der Waals surface area contributed by atoms with E-state index in [1.165, 1.54) is 23.2 Å². The van der Waals surface area contributed by atoms with Gasteiger partial charge >= 0.3 is 5.69 Å². The molecule has 1 N–H and O–H groups in total. The van der Waals surface area contributed by atoms with Crippen molar-refractivity contribution >= 4 is 23.3 Å². The number of hydrogen-bond acceptors (Lipinski definition) is 5. The Balaban J connectivity index is 1.20. The molecule has 0 atom stereocenters. The van der Waals surface area contributed by atoms with E-state index in [1.54, 1.807) is 7.05 Å². The maximum Gasteiger partial charge on any atom is 0.332 e. The number of anilines is 1. The largest absolute Gasteiger partial charge is 0.358 e. The molecular formula is C25H34ClN5O3. The minimum Gasteiger partial charge on any atom is -0.358 e. The first kappa shape index (κ1) is 24.5. The van der Waals surface area contributed by atoms with Crippen LogP contribution in [0.25, 0.3) is 0 Å². The molecule has 1 aromatic heterocycles. The summed E-state index contributed by atoms with van der Waals surface area (Å²) in [5.41, 5.74) is 0.596. The van der Waals surface area contributed by atoms with E-state index in [0.29, 0.717) is 37.7 Å². The van der Waals surface area contributed by atoms with Crippen molar-refractivity contribution < 1.29 is 4.79 Å². The lowest BCUT2D eigenvalue weighted by molar-refractivity contribution is -0.125. The number of nitrogens with zero attached hydrogens (tertiary/aromatic N) is 4. The van der Waals surface area contributed by atoms with Crippen molar-refractivity contribution in [1.29, 1.82) is 0 Å². The van der Waals surface area contributed by atoms with E-state index >= 15 is 0 Å². The summed E-state index contributed by atoms with van der Waals surface area (Å²) in [6.45, 7) is 5.01. The number of amides is 1. The molecule has 2 fully saturated rings. The van der Waals surface area contributed by atoms with Gasteiger partial charge in [0.05, 0.1) is 0 Å². The maximum absolute atomic E-state index is 12.8. The molecule has 2 saturated heterocycles. The number of carbonyl (C=O) groups is 1. The van der Waals surface area contributed by atoms with Crippen molar-refractivity contribution in [2.45, 2.75) is 32.2 Å². The Morgan fingerprint density at radius 3 is 2.38 bits per heavy atom. The van der Waals surface area contributed by atoms with Crippen LogP contribution in [-0.4, -0.2) is 52.7 Å². The highest BCUT2D eigenvalue weighted by Crippen LogP contribution is 2.23. The van der Waals surface area contributed by atoms with Gasteiger partial charge in [-0.3, -0.25) is 23.6 Å².